The quantitative estimate of drug-likeness (QED) is 0.132. The first-order chi connectivity index (χ1) is 20.4. The van der Waals surface area contributed by atoms with Crippen molar-refractivity contribution in [3.8, 4) is 18.1 Å². The molecule has 0 unspecified atom stereocenters. The zero-order valence-electron chi connectivity index (χ0n) is 23.7. The Kier molecular flexibility index (Phi) is 8.60. The third kappa shape index (κ3) is 6.58. The summed E-state index contributed by atoms with van der Waals surface area (Å²) in [5.74, 6) is 1.73. The molecule has 0 radical (unpaired) electrons. The number of aliphatic hydroxyl groups is 1. The van der Waals surface area contributed by atoms with Gasteiger partial charge in [-0.05, 0) is 45.7 Å². The number of halogens is 1. The fourth-order valence-electron chi connectivity index (χ4n) is 4.44. The highest BCUT2D eigenvalue weighted by molar-refractivity contribution is 7.52. The van der Waals surface area contributed by atoms with Crippen molar-refractivity contribution in [3.63, 3.8) is 0 Å². The maximum atomic E-state index is 16.3. The van der Waals surface area contributed by atoms with Gasteiger partial charge in [0.1, 0.15) is 24.0 Å². The summed E-state index contributed by atoms with van der Waals surface area (Å²) in [5, 5.41) is 16.7. The van der Waals surface area contributed by atoms with Crippen molar-refractivity contribution in [1.82, 2.24) is 24.6 Å². The minimum absolute atomic E-state index is 0.0869. The highest BCUT2D eigenvalue weighted by Crippen LogP contribution is 2.48. The van der Waals surface area contributed by atoms with Crippen LogP contribution in [0.25, 0.3) is 11.2 Å². The first-order valence-electron chi connectivity index (χ1n) is 13.7. The van der Waals surface area contributed by atoms with E-state index in [1.807, 2.05) is 5.92 Å². The van der Waals surface area contributed by atoms with E-state index in [9.17, 15) is 14.5 Å². The molecule has 2 fully saturated rings. The number of esters is 1. The number of anilines is 2. The number of ether oxygens (including phenoxy) is 2. The van der Waals surface area contributed by atoms with Gasteiger partial charge in [-0.3, -0.25) is 13.9 Å². The molecule has 1 aromatic carbocycles. The Morgan fingerprint density at radius 1 is 1.33 bits per heavy atom. The molecule has 14 nitrogen and oxygen atoms in total. The molecule has 1 aliphatic carbocycles. The standard InChI is InChI=1S/C27H33FN7O7P/c1-5-27(28)21(36)19(41-25(27)35-14-30-20-22(31-17-11-12-17)32-26(29)33-23(20)35)13-39-43(38,42-18-9-7-6-8-10-18)34-16(4)24(37)40-15(2)3/h1,6-10,14-17,19,21,25,36H,11-13H2,2-4H3,(H,34,38)(H3,29,31,32,33)/t16-,19-,21-,25-,27-,43-/m1/s1. The zero-order valence-corrected chi connectivity index (χ0v) is 24.6. The molecule has 230 valence electrons. The van der Waals surface area contributed by atoms with E-state index in [0.717, 1.165) is 12.8 Å². The molecule has 5 N–H and O–H groups in total. The van der Waals surface area contributed by atoms with E-state index in [0.29, 0.717) is 11.3 Å². The van der Waals surface area contributed by atoms with E-state index in [-0.39, 0.29) is 23.4 Å². The molecule has 2 aliphatic rings. The third-order valence-corrected chi connectivity index (χ3v) is 8.35. The lowest BCUT2D eigenvalue weighted by molar-refractivity contribution is -0.149. The molecule has 43 heavy (non-hydrogen) atoms. The van der Waals surface area contributed by atoms with Crippen molar-refractivity contribution >= 4 is 36.6 Å². The molecule has 5 rings (SSSR count). The van der Waals surface area contributed by atoms with Gasteiger partial charge in [0.25, 0.3) is 0 Å². The van der Waals surface area contributed by atoms with Gasteiger partial charge in [0.15, 0.2) is 23.2 Å². The topological polar surface area (TPSA) is 185 Å². The molecule has 3 aromatic rings. The number of carbonyl (C=O) groups is 1. The molecule has 3 heterocycles. The lowest BCUT2D eigenvalue weighted by atomic mass is 9.97. The Hall–Kier alpha value is -3.80. The van der Waals surface area contributed by atoms with Gasteiger partial charge in [-0.1, -0.05) is 24.1 Å². The summed E-state index contributed by atoms with van der Waals surface area (Å²) >= 11 is 0. The van der Waals surface area contributed by atoms with Gasteiger partial charge in [-0.2, -0.15) is 15.1 Å². The van der Waals surface area contributed by atoms with Crippen molar-refractivity contribution in [2.75, 3.05) is 17.7 Å². The summed E-state index contributed by atoms with van der Waals surface area (Å²) < 4.78 is 53.6. The number of hydrogen-bond acceptors (Lipinski definition) is 12. The number of fused-ring (bicyclic) bond motifs is 1. The molecule has 16 heteroatoms. The van der Waals surface area contributed by atoms with E-state index >= 15 is 4.39 Å². The Labute approximate surface area is 247 Å². The predicted octanol–water partition coefficient (Wildman–Crippen LogP) is 2.72. The molecule has 0 amide bonds. The highest BCUT2D eigenvalue weighted by atomic mass is 31.2. The Balaban J connectivity index is 1.39. The van der Waals surface area contributed by atoms with Gasteiger partial charge in [-0.25, -0.2) is 13.9 Å². The summed E-state index contributed by atoms with van der Waals surface area (Å²) in [6, 6.07) is 7.17. The number of nitrogen functional groups attached to an aromatic ring is 1. The average molecular weight is 618 g/mol. The molecule has 0 bridgehead atoms. The van der Waals surface area contributed by atoms with Crippen LogP contribution in [0.1, 0.15) is 39.8 Å². The molecule has 0 spiro atoms. The SMILES string of the molecule is C#C[C@@]1(F)[C@H](O)[C@@H](CO[P@](=O)(N[C@H](C)C(=O)OC(C)C)Oc2ccccc2)O[C@H]1n1cnc2c(NC3CC3)nc(N)nc21. The van der Waals surface area contributed by atoms with Crippen LogP contribution in [0.15, 0.2) is 36.7 Å². The first-order valence-corrected chi connectivity index (χ1v) is 15.2. The fourth-order valence-corrected chi connectivity index (χ4v) is 5.95. The molecule has 1 saturated carbocycles. The third-order valence-electron chi connectivity index (χ3n) is 6.71. The molecule has 1 aliphatic heterocycles. The molecular formula is C27H33FN7O7P. The molecular weight excluding hydrogens is 584 g/mol. The van der Waals surface area contributed by atoms with Crippen LogP contribution in [0.2, 0.25) is 0 Å². The van der Waals surface area contributed by atoms with E-state index in [4.69, 9.17) is 30.7 Å². The van der Waals surface area contributed by atoms with E-state index in [2.05, 4.69) is 25.4 Å². The first kappa shape index (κ1) is 30.7. The number of alkyl halides is 1. The number of nitrogens with zero attached hydrogens (tertiary/aromatic N) is 4. The summed E-state index contributed by atoms with van der Waals surface area (Å²) in [7, 11) is -4.34. The van der Waals surface area contributed by atoms with E-state index in [1.165, 1.54) is 30.0 Å². The Morgan fingerprint density at radius 3 is 2.70 bits per heavy atom. The van der Waals surface area contributed by atoms with Gasteiger partial charge < -0.3 is 30.2 Å². The van der Waals surface area contributed by atoms with Crippen LogP contribution in [0.5, 0.6) is 5.75 Å². The van der Waals surface area contributed by atoms with Crippen LogP contribution in [0.4, 0.5) is 16.2 Å². The van der Waals surface area contributed by atoms with Crippen LogP contribution >= 0.6 is 7.75 Å². The van der Waals surface area contributed by atoms with Crippen molar-refractivity contribution in [1.29, 1.82) is 0 Å². The van der Waals surface area contributed by atoms with Gasteiger partial charge in [0.05, 0.1) is 19.0 Å². The van der Waals surface area contributed by atoms with Crippen molar-refractivity contribution in [3.05, 3.63) is 36.7 Å². The minimum Gasteiger partial charge on any atom is -0.462 e. The summed E-state index contributed by atoms with van der Waals surface area (Å²) in [6.07, 6.45) is 3.34. The number of benzene rings is 1. The highest BCUT2D eigenvalue weighted by Gasteiger charge is 2.58. The lowest BCUT2D eigenvalue weighted by Crippen LogP contribution is -2.42. The van der Waals surface area contributed by atoms with Crippen LogP contribution in [0.3, 0.4) is 0 Å². The van der Waals surface area contributed by atoms with Crippen LogP contribution in [-0.4, -0.2) is 73.3 Å². The van der Waals surface area contributed by atoms with Gasteiger partial charge in [0.2, 0.25) is 11.6 Å². The number of para-hydroxylation sites is 1. The maximum absolute atomic E-state index is 16.3. The number of aliphatic hydroxyl groups excluding tert-OH is 1. The number of hydrogen-bond donors (Lipinski definition) is 4. The monoisotopic (exact) mass is 617 g/mol. The number of nitrogens with one attached hydrogen (secondary N) is 2. The predicted molar refractivity (Wildman–Crippen MR) is 153 cm³/mol. The van der Waals surface area contributed by atoms with Crippen molar-refractivity contribution < 1.29 is 37.4 Å². The van der Waals surface area contributed by atoms with Gasteiger partial charge in [0, 0.05) is 6.04 Å². The smallest absolute Gasteiger partial charge is 0.459 e. The van der Waals surface area contributed by atoms with Crippen molar-refractivity contribution in [2.45, 2.75) is 75.9 Å². The van der Waals surface area contributed by atoms with Gasteiger partial charge in [-0.15, -0.1) is 6.42 Å². The number of aromatic nitrogens is 4. The second kappa shape index (κ2) is 12.1. The zero-order chi connectivity index (χ0) is 30.9. The molecule has 6 atom stereocenters. The minimum atomic E-state index is -4.34. The Bertz CT molecular complexity index is 1560. The molecule has 1 saturated heterocycles. The molecule has 2 aromatic heterocycles. The van der Waals surface area contributed by atoms with Crippen molar-refractivity contribution in [2.24, 2.45) is 0 Å². The normalized spacial score (nSPS) is 25.7. The number of rotatable bonds is 12. The summed E-state index contributed by atoms with van der Waals surface area (Å²) in [6.45, 7) is 4.10. The van der Waals surface area contributed by atoms with Crippen LogP contribution in [0, 0.1) is 12.3 Å². The summed E-state index contributed by atoms with van der Waals surface area (Å²) in [5.41, 5.74) is 3.58. The van der Waals surface area contributed by atoms with Gasteiger partial charge >= 0.3 is 13.7 Å². The lowest BCUT2D eigenvalue weighted by Gasteiger charge is -2.25. The number of terminal acetylenes is 1. The second-order valence-corrected chi connectivity index (χ2v) is 12.3. The maximum Gasteiger partial charge on any atom is 0.459 e. The summed E-state index contributed by atoms with van der Waals surface area (Å²) in [4.78, 5) is 25.1. The van der Waals surface area contributed by atoms with E-state index in [1.54, 1.807) is 32.0 Å². The average Bonchev–Trinajstić information content (AvgIpc) is 3.62. The van der Waals surface area contributed by atoms with Crippen LogP contribution in [-0.2, 0) is 23.4 Å². The Morgan fingerprint density at radius 2 is 2.05 bits per heavy atom. The number of imidazole rings is 1. The van der Waals surface area contributed by atoms with E-state index < -0.39 is 56.6 Å². The second-order valence-electron chi connectivity index (χ2n) is 10.6. The fraction of sp³-hybridized carbons (Fsp3) is 0.481. The van der Waals surface area contributed by atoms with Crippen LogP contribution < -0.4 is 20.7 Å². The largest absolute Gasteiger partial charge is 0.462 e. The number of nitrogens with two attached hydrogens (primary N) is 1. The number of carbonyl (C=O) groups excluding carboxylic acids is 1.